The molecule has 1 fully saturated rings. The minimum Gasteiger partial charge on any atom is -0.391 e. The van der Waals surface area contributed by atoms with Crippen LogP contribution >= 0.6 is 15.9 Å². The van der Waals surface area contributed by atoms with E-state index in [-0.39, 0.29) is 6.10 Å². The minimum atomic E-state index is -0.215. The molecule has 5 heteroatoms. The van der Waals surface area contributed by atoms with E-state index in [4.69, 9.17) is 0 Å². The third-order valence-corrected chi connectivity index (χ3v) is 3.23. The zero-order valence-corrected chi connectivity index (χ0v) is 10.6. The van der Waals surface area contributed by atoms with Crippen LogP contribution in [-0.4, -0.2) is 35.8 Å². The van der Waals surface area contributed by atoms with Crippen LogP contribution in [0.4, 0.5) is 0 Å². The molecule has 0 saturated carbocycles. The quantitative estimate of drug-likeness (QED) is 0.755. The van der Waals surface area contributed by atoms with Crippen LogP contribution in [0.3, 0.4) is 0 Å². The Balaban J connectivity index is 1.75. The van der Waals surface area contributed by atoms with E-state index in [1.165, 1.54) is 0 Å². The summed E-state index contributed by atoms with van der Waals surface area (Å²) in [6.45, 7) is 3.23. The number of aliphatic hydroxyl groups is 1. The predicted octanol–water partition coefficient (Wildman–Crippen LogP) is 0.514. The molecule has 2 rings (SSSR count). The first-order valence-corrected chi connectivity index (χ1v) is 6.24. The van der Waals surface area contributed by atoms with Crippen LogP contribution in [0.5, 0.6) is 0 Å². The summed E-state index contributed by atoms with van der Waals surface area (Å²) in [5, 5.41) is 16.1. The van der Waals surface area contributed by atoms with Crippen molar-refractivity contribution in [3.8, 4) is 0 Å². The lowest BCUT2D eigenvalue weighted by molar-refractivity contribution is 0.146. The standard InChI is InChI=1S/C11H16BrN3O/c12-10-1-8(3-14-6-10)2-13-4-9-5-15-7-11(9)16/h1,3,6,9,11,13,15-16H,2,4-5,7H2. The number of aromatic nitrogens is 1. The van der Waals surface area contributed by atoms with Gasteiger partial charge in [0.1, 0.15) is 0 Å². The van der Waals surface area contributed by atoms with Crippen molar-refractivity contribution in [1.82, 2.24) is 15.6 Å². The number of β-amino-alcohol motifs (C(OH)–C–C–N with tert-alkyl or cyclic N) is 1. The highest BCUT2D eigenvalue weighted by Crippen LogP contribution is 2.10. The van der Waals surface area contributed by atoms with Gasteiger partial charge < -0.3 is 15.7 Å². The molecule has 0 aliphatic carbocycles. The van der Waals surface area contributed by atoms with Crippen LogP contribution in [0.2, 0.25) is 0 Å². The molecule has 88 valence electrons. The molecular weight excluding hydrogens is 270 g/mol. The van der Waals surface area contributed by atoms with Crippen molar-refractivity contribution in [2.45, 2.75) is 12.6 Å². The van der Waals surface area contributed by atoms with Crippen molar-refractivity contribution in [3.05, 3.63) is 28.5 Å². The summed E-state index contributed by atoms with van der Waals surface area (Å²) in [6, 6.07) is 2.04. The molecule has 4 nitrogen and oxygen atoms in total. The number of halogens is 1. The molecule has 2 unspecified atom stereocenters. The van der Waals surface area contributed by atoms with E-state index in [1.54, 1.807) is 6.20 Å². The summed E-state index contributed by atoms with van der Waals surface area (Å²) in [4.78, 5) is 4.10. The summed E-state index contributed by atoms with van der Waals surface area (Å²) in [6.07, 6.45) is 3.41. The fourth-order valence-electron chi connectivity index (χ4n) is 1.88. The summed E-state index contributed by atoms with van der Waals surface area (Å²) >= 11 is 3.39. The van der Waals surface area contributed by atoms with Crippen molar-refractivity contribution in [1.29, 1.82) is 0 Å². The summed E-state index contributed by atoms with van der Waals surface area (Å²) < 4.78 is 0.995. The van der Waals surface area contributed by atoms with E-state index in [0.29, 0.717) is 12.5 Å². The average Bonchev–Trinajstić information content (AvgIpc) is 2.65. The topological polar surface area (TPSA) is 57.2 Å². The zero-order chi connectivity index (χ0) is 11.4. The van der Waals surface area contributed by atoms with Crippen LogP contribution in [0.1, 0.15) is 5.56 Å². The molecule has 1 aliphatic rings. The first-order chi connectivity index (χ1) is 7.75. The van der Waals surface area contributed by atoms with Crippen molar-refractivity contribution in [2.75, 3.05) is 19.6 Å². The van der Waals surface area contributed by atoms with Crippen LogP contribution in [-0.2, 0) is 6.54 Å². The van der Waals surface area contributed by atoms with E-state index in [1.807, 2.05) is 12.3 Å². The average molecular weight is 286 g/mol. The summed E-state index contributed by atoms with van der Waals surface area (Å²) in [5.74, 6) is 0.320. The molecule has 1 aromatic rings. The third kappa shape index (κ3) is 3.25. The van der Waals surface area contributed by atoms with E-state index >= 15 is 0 Å². The maximum absolute atomic E-state index is 9.61. The predicted molar refractivity (Wildman–Crippen MR) is 66.0 cm³/mol. The second-order valence-corrected chi connectivity index (χ2v) is 5.04. The van der Waals surface area contributed by atoms with E-state index in [9.17, 15) is 5.11 Å². The Morgan fingerprint density at radius 1 is 1.50 bits per heavy atom. The molecule has 0 spiro atoms. The van der Waals surface area contributed by atoms with Gasteiger partial charge in [-0.15, -0.1) is 0 Å². The van der Waals surface area contributed by atoms with Gasteiger partial charge in [-0.05, 0) is 27.6 Å². The monoisotopic (exact) mass is 285 g/mol. The maximum Gasteiger partial charge on any atom is 0.0716 e. The Morgan fingerprint density at radius 2 is 2.38 bits per heavy atom. The van der Waals surface area contributed by atoms with Crippen molar-refractivity contribution in [2.24, 2.45) is 5.92 Å². The van der Waals surface area contributed by atoms with Gasteiger partial charge >= 0.3 is 0 Å². The number of nitrogens with one attached hydrogen (secondary N) is 2. The Morgan fingerprint density at radius 3 is 3.06 bits per heavy atom. The number of hydrogen-bond acceptors (Lipinski definition) is 4. The van der Waals surface area contributed by atoms with Crippen molar-refractivity contribution in [3.63, 3.8) is 0 Å². The number of rotatable bonds is 4. The maximum atomic E-state index is 9.61. The molecule has 2 heterocycles. The smallest absolute Gasteiger partial charge is 0.0716 e. The minimum absolute atomic E-state index is 0.215. The van der Waals surface area contributed by atoms with E-state index < -0.39 is 0 Å². The van der Waals surface area contributed by atoms with Gasteiger partial charge in [-0.1, -0.05) is 0 Å². The molecule has 1 saturated heterocycles. The lowest BCUT2D eigenvalue weighted by Gasteiger charge is -2.13. The van der Waals surface area contributed by atoms with Gasteiger partial charge in [0.25, 0.3) is 0 Å². The lowest BCUT2D eigenvalue weighted by Crippen LogP contribution is -2.30. The van der Waals surface area contributed by atoms with Crippen LogP contribution in [0.15, 0.2) is 22.9 Å². The van der Waals surface area contributed by atoms with Crippen LogP contribution < -0.4 is 10.6 Å². The summed E-state index contributed by atoms with van der Waals surface area (Å²) in [5.41, 5.74) is 1.15. The second kappa shape index (κ2) is 5.72. The Labute approximate surface area is 104 Å². The highest BCUT2D eigenvalue weighted by atomic mass is 79.9. The fraction of sp³-hybridized carbons (Fsp3) is 0.545. The number of hydrogen-bond donors (Lipinski definition) is 3. The van der Waals surface area contributed by atoms with Crippen LogP contribution in [0, 0.1) is 5.92 Å². The first kappa shape index (κ1) is 12.0. The van der Waals surface area contributed by atoms with Gasteiger partial charge in [-0.25, -0.2) is 0 Å². The lowest BCUT2D eigenvalue weighted by atomic mass is 10.1. The van der Waals surface area contributed by atoms with Gasteiger partial charge in [-0.2, -0.15) is 0 Å². The Hall–Kier alpha value is -0.490. The molecular formula is C11H16BrN3O. The van der Waals surface area contributed by atoms with Gasteiger partial charge in [0.2, 0.25) is 0 Å². The molecule has 0 aromatic carbocycles. The normalized spacial score (nSPS) is 24.9. The molecule has 0 bridgehead atoms. The van der Waals surface area contributed by atoms with Crippen molar-refractivity contribution >= 4 is 15.9 Å². The number of nitrogens with zero attached hydrogens (tertiary/aromatic N) is 1. The van der Waals surface area contributed by atoms with Crippen LogP contribution in [0.25, 0.3) is 0 Å². The third-order valence-electron chi connectivity index (χ3n) is 2.80. The van der Waals surface area contributed by atoms with Crippen molar-refractivity contribution < 1.29 is 5.11 Å². The van der Waals surface area contributed by atoms with Gasteiger partial charge in [0.05, 0.1) is 6.10 Å². The SMILES string of the molecule is OC1CNCC1CNCc1cncc(Br)c1. The second-order valence-electron chi connectivity index (χ2n) is 4.13. The highest BCUT2D eigenvalue weighted by Gasteiger charge is 2.23. The number of pyridine rings is 1. The molecule has 2 atom stereocenters. The Bertz CT molecular complexity index is 348. The zero-order valence-electron chi connectivity index (χ0n) is 8.99. The molecule has 3 N–H and O–H groups in total. The Kier molecular flexibility index (Phi) is 4.29. The highest BCUT2D eigenvalue weighted by molar-refractivity contribution is 9.10. The molecule has 1 aliphatic heterocycles. The van der Waals surface area contributed by atoms with Gasteiger partial charge in [0.15, 0.2) is 0 Å². The fourth-order valence-corrected chi connectivity index (χ4v) is 2.29. The number of aliphatic hydroxyl groups excluding tert-OH is 1. The molecule has 1 aromatic heterocycles. The van der Waals surface area contributed by atoms with Gasteiger partial charge in [-0.3, -0.25) is 4.98 Å². The first-order valence-electron chi connectivity index (χ1n) is 5.44. The van der Waals surface area contributed by atoms with Gasteiger partial charge in [0, 0.05) is 49.0 Å². The largest absolute Gasteiger partial charge is 0.391 e. The molecule has 0 radical (unpaired) electrons. The van der Waals surface area contributed by atoms with E-state index in [0.717, 1.165) is 29.7 Å². The molecule has 16 heavy (non-hydrogen) atoms. The molecule has 0 amide bonds. The summed E-state index contributed by atoms with van der Waals surface area (Å²) in [7, 11) is 0. The van der Waals surface area contributed by atoms with E-state index in [2.05, 4.69) is 31.5 Å².